The monoisotopic (exact) mass is 308 g/mol. The molecule has 122 valence electrons. The van der Waals surface area contributed by atoms with Crippen LogP contribution in [0.15, 0.2) is 49.6 Å². The lowest BCUT2D eigenvalue weighted by molar-refractivity contribution is -0.133. The van der Waals surface area contributed by atoms with Crippen LogP contribution in [0.5, 0.6) is 0 Å². The molecule has 2 aliphatic rings. The molecule has 1 aromatic rings. The van der Waals surface area contributed by atoms with Gasteiger partial charge in [0, 0.05) is 5.41 Å². The van der Waals surface area contributed by atoms with Gasteiger partial charge in [0.05, 0.1) is 5.41 Å². The molecule has 0 heterocycles. The Kier molecular flexibility index (Phi) is 3.31. The number of ketones is 1. The molecule has 0 amide bonds. The maximum Gasteiger partial charge on any atom is 0.153 e. The smallest absolute Gasteiger partial charge is 0.153 e. The number of carbonyl (C=O) groups is 1. The van der Waals surface area contributed by atoms with E-state index in [2.05, 4.69) is 65.1 Å². The van der Waals surface area contributed by atoms with Crippen molar-refractivity contribution in [1.29, 1.82) is 0 Å². The predicted molar refractivity (Wildman–Crippen MR) is 96.3 cm³/mol. The van der Waals surface area contributed by atoms with E-state index in [0.29, 0.717) is 5.78 Å². The second-order valence-corrected chi connectivity index (χ2v) is 8.31. The van der Waals surface area contributed by atoms with Crippen LogP contribution in [0.1, 0.15) is 44.7 Å². The minimum absolute atomic E-state index is 0.0790. The molecule has 1 heteroatoms. The Hall–Kier alpha value is -1.63. The van der Waals surface area contributed by atoms with Crippen LogP contribution >= 0.6 is 0 Å². The summed E-state index contributed by atoms with van der Waals surface area (Å²) < 4.78 is 0. The Bertz CT molecular complexity index is 670. The van der Waals surface area contributed by atoms with E-state index in [-0.39, 0.29) is 16.2 Å². The van der Waals surface area contributed by atoms with E-state index >= 15 is 0 Å². The minimum Gasteiger partial charge on any atom is -0.298 e. The number of rotatable bonds is 4. The van der Waals surface area contributed by atoms with Crippen molar-refractivity contribution >= 4 is 5.78 Å². The fourth-order valence-corrected chi connectivity index (χ4v) is 5.58. The lowest BCUT2D eigenvalue weighted by Crippen LogP contribution is -2.46. The van der Waals surface area contributed by atoms with Gasteiger partial charge in [0.25, 0.3) is 0 Å². The summed E-state index contributed by atoms with van der Waals surface area (Å²) in [5, 5.41) is 0. The maximum absolute atomic E-state index is 13.4. The highest BCUT2D eigenvalue weighted by atomic mass is 16.1. The lowest BCUT2D eigenvalue weighted by atomic mass is 9.54. The summed E-state index contributed by atoms with van der Waals surface area (Å²) in [6.45, 7) is 16.9. The Balaban J connectivity index is 2.20. The molecular weight excluding hydrogens is 280 g/mol. The van der Waals surface area contributed by atoms with Crippen LogP contribution in [-0.2, 0) is 11.2 Å². The molecule has 0 radical (unpaired) electrons. The van der Waals surface area contributed by atoms with Gasteiger partial charge in [-0.2, -0.15) is 0 Å². The van der Waals surface area contributed by atoms with E-state index in [1.54, 1.807) is 0 Å². The molecule has 0 spiro atoms. The first-order chi connectivity index (χ1) is 10.7. The first kappa shape index (κ1) is 16.2. The molecule has 0 N–H and O–H groups in total. The van der Waals surface area contributed by atoms with Crippen molar-refractivity contribution < 1.29 is 4.79 Å². The van der Waals surface area contributed by atoms with Crippen molar-refractivity contribution in [2.24, 2.45) is 21.7 Å². The van der Waals surface area contributed by atoms with Crippen molar-refractivity contribution in [2.75, 3.05) is 0 Å². The number of Topliss-reactive ketones (excluding diaryl/α,β-unsaturated/α-hetero) is 1. The van der Waals surface area contributed by atoms with Gasteiger partial charge in [0.2, 0.25) is 0 Å². The van der Waals surface area contributed by atoms with Gasteiger partial charge in [-0.05, 0) is 42.6 Å². The van der Waals surface area contributed by atoms with E-state index in [1.807, 2.05) is 12.2 Å². The molecule has 2 atom stereocenters. The van der Waals surface area contributed by atoms with Crippen LogP contribution in [-0.4, -0.2) is 5.78 Å². The number of benzene rings is 1. The SMILES string of the molecule is C=CC1(C=C)C(=O)C2(C)CCC1(Cc1ccc(C)cc1)C2(C)C. The molecule has 3 rings (SSSR count). The molecule has 2 fully saturated rings. The van der Waals surface area contributed by atoms with Crippen LogP contribution in [0.4, 0.5) is 0 Å². The van der Waals surface area contributed by atoms with Gasteiger partial charge in [0.15, 0.2) is 5.78 Å². The molecule has 23 heavy (non-hydrogen) atoms. The first-order valence-corrected chi connectivity index (χ1v) is 8.58. The molecule has 1 aromatic carbocycles. The zero-order valence-corrected chi connectivity index (χ0v) is 14.9. The summed E-state index contributed by atoms with van der Waals surface area (Å²) in [7, 11) is 0. The van der Waals surface area contributed by atoms with Gasteiger partial charge >= 0.3 is 0 Å². The number of allylic oxidation sites excluding steroid dienone is 2. The topological polar surface area (TPSA) is 17.1 Å². The van der Waals surface area contributed by atoms with E-state index in [1.165, 1.54) is 11.1 Å². The van der Waals surface area contributed by atoms with Crippen LogP contribution in [0.25, 0.3) is 0 Å². The highest BCUT2D eigenvalue weighted by molar-refractivity contribution is 5.99. The van der Waals surface area contributed by atoms with E-state index in [0.717, 1.165) is 19.3 Å². The zero-order valence-electron chi connectivity index (χ0n) is 14.9. The Labute approximate surface area is 140 Å². The molecule has 2 saturated carbocycles. The number of hydrogen-bond acceptors (Lipinski definition) is 1. The molecule has 1 nitrogen and oxygen atoms in total. The summed E-state index contributed by atoms with van der Waals surface area (Å²) in [6, 6.07) is 8.73. The van der Waals surface area contributed by atoms with Gasteiger partial charge < -0.3 is 0 Å². The van der Waals surface area contributed by atoms with Crippen molar-refractivity contribution in [1.82, 2.24) is 0 Å². The van der Waals surface area contributed by atoms with Crippen LogP contribution in [0.2, 0.25) is 0 Å². The molecule has 0 aromatic heterocycles. The number of aryl methyl sites for hydroxylation is 1. The first-order valence-electron chi connectivity index (χ1n) is 8.58. The van der Waals surface area contributed by atoms with Gasteiger partial charge in [-0.3, -0.25) is 4.79 Å². The third-order valence-electron chi connectivity index (χ3n) is 7.57. The Morgan fingerprint density at radius 2 is 1.61 bits per heavy atom. The summed E-state index contributed by atoms with van der Waals surface area (Å²) in [5.74, 6) is 0.318. The van der Waals surface area contributed by atoms with Crippen LogP contribution < -0.4 is 0 Å². The Morgan fingerprint density at radius 3 is 2.13 bits per heavy atom. The standard InChI is InChI=1S/C22H28O/c1-7-21(8-2)18(23)20(6)13-14-22(21,19(20,4)5)15-17-11-9-16(3)10-12-17/h7-12H,1-2,13-15H2,3-6H3. The van der Waals surface area contributed by atoms with Crippen molar-refractivity contribution in [3.05, 3.63) is 60.7 Å². The van der Waals surface area contributed by atoms with Gasteiger partial charge in [0.1, 0.15) is 0 Å². The van der Waals surface area contributed by atoms with Crippen molar-refractivity contribution in [3.8, 4) is 0 Å². The number of hydrogen-bond donors (Lipinski definition) is 0. The average molecular weight is 308 g/mol. The quantitative estimate of drug-likeness (QED) is 0.691. The molecule has 2 unspecified atom stereocenters. The second-order valence-electron chi connectivity index (χ2n) is 8.31. The van der Waals surface area contributed by atoms with Crippen molar-refractivity contribution in [3.63, 3.8) is 0 Å². The largest absolute Gasteiger partial charge is 0.298 e. The summed E-state index contributed by atoms with van der Waals surface area (Å²) in [4.78, 5) is 13.4. The molecule has 2 aliphatic carbocycles. The minimum atomic E-state index is -0.617. The summed E-state index contributed by atoms with van der Waals surface area (Å²) in [5.41, 5.74) is 1.45. The van der Waals surface area contributed by atoms with E-state index in [4.69, 9.17) is 0 Å². The highest BCUT2D eigenvalue weighted by Crippen LogP contribution is 2.78. The molecule has 2 bridgehead atoms. The molecule has 0 saturated heterocycles. The fraction of sp³-hybridized carbons (Fsp3) is 0.500. The maximum atomic E-state index is 13.4. The summed E-state index contributed by atoms with van der Waals surface area (Å²) >= 11 is 0. The molecular formula is C22H28O. The fourth-order valence-electron chi connectivity index (χ4n) is 5.58. The third-order valence-corrected chi connectivity index (χ3v) is 7.57. The zero-order chi connectivity index (χ0) is 17.1. The lowest BCUT2D eigenvalue weighted by Gasteiger charge is -2.47. The van der Waals surface area contributed by atoms with Crippen LogP contribution in [0, 0.1) is 28.6 Å². The number of carbonyl (C=O) groups excluding carboxylic acids is 1. The second kappa shape index (κ2) is 4.69. The Morgan fingerprint density at radius 1 is 1.04 bits per heavy atom. The van der Waals surface area contributed by atoms with Crippen molar-refractivity contribution in [2.45, 2.75) is 47.0 Å². The van der Waals surface area contributed by atoms with Gasteiger partial charge in [-0.15, -0.1) is 13.2 Å². The third kappa shape index (κ3) is 1.61. The summed E-state index contributed by atoms with van der Waals surface area (Å²) in [6.07, 6.45) is 6.67. The van der Waals surface area contributed by atoms with E-state index in [9.17, 15) is 4.79 Å². The van der Waals surface area contributed by atoms with Gasteiger partial charge in [-0.25, -0.2) is 0 Å². The van der Waals surface area contributed by atoms with Crippen LogP contribution in [0.3, 0.4) is 0 Å². The molecule has 0 aliphatic heterocycles. The highest BCUT2D eigenvalue weighted by Gasteiger charge is 2.78. The predicted octanol–water partition coefficient (Wildman–Crippen LogP) is 5.29. The average Bonchev–Trinajstić information content (AvgIpc) is 2.78. The van der Waals surface area contributed by atoms with Gasteiger partial charge in [-0.1, -0.05) is 62.8 Å². The van der Waals surface area contributed by atoms with E-state index < -0.39 is 5.41 Å². The number of fused-ring (bicyclic) bond motifs is 2. The normalized spacial score (nSPS) is 33.7.